The number of amides is 1. The molecule has 0 aliphatic carbocycles. The van der Waals surface area contributed by atoms with Crippen LogP contribution in [0.3, 0.4) is 0 Å². The summed E-state index contributed by atoms with van der Waals surface area (Å²) in [5, 5.41) is 4.13. The van der Waals surface area contributed by atoms with Gasteiger partial charge in [0.1, 0.15) is 17.2 Å². The molecule has 1 atom stereocenters. The number of nitrogens with zero attached hydrogens (tertiary/aromatic N) is 3. The van der Waals surface area contributed by atoms with Gasteiger partial charge in [0, 0.05) is 30.3 Å². The maximum Gasteiger partial charge on any atom is 0.254 e. The fourth-order valence-electron chi connectivity index (χ4n) is 3.76. The van der Waals surface area contributed by atoms with Crippen LogP contribution in [-0.2, 0) is 0 Å². The Kier molecular flexibility index (Phi) is 6.06. The zero-order valence-corrected chi connectivity index (χ0v) is 17.8. The van der Waals surface area contributed by atoms with Crippen LogP contribution in [0.15, 0.2) is 47.0 Å². The first-order valence-electron chi connectivity index (χ1n) is 10.1. The van der Waals surface area contributed by atoms with Crippen molar-refractivity contribution >= 4 is 5.91 Å². The second-order valence-electron chi connectivity index (χ2n) is 7.38. The zero-order valence-electron chi connectivity index (χ0n) is 17.8. The lowest BCUT2D eigenvalue weighted by atomic mass is 9.97. The Morgan fingerprint density at radius 3 is 2.48 bits per heavy atom. The van der Waals surface area contributed by atoms with Crippen LogP contribution in [0.4, 0.5) is 0 Å². The van der Waals surface area contributed by atoms with Crippen molar-refractivity contribution < 1.29 is 23.5 Å². The van der Waals surface area contributed by atoms with Crippen molar-refractivity contribution in [2.45, 2.75) is 18.8 Å². The Bertz CT molecular complexity index is 1040. The van der Waals surface area contributed by atoms with E-state index < -0.39 is 0 Å². The number of carbonyl (C=O) groups is 1. The molecular formula is C23H25N3O5. The molecule has 8 nitrogen and oxygen atoms in total. The molecule has 0 unspecified atom stereocenters. The van der Waals surface area contributed by atoms with Gasteiger partial charge in [0.05, 0.1) is 27.2 Å². The quantitative estimate of drug-likeness (QED) is 0.596. The van der Waals surface area contributed by atoms with Gasteiger partial charge >= 0.3 is 0 Å². The van der Waals surface area contributed by atoms with Crippen molar-refractivity contribution in [2.24, 2.45) is 0 Å². The Morgan fingerprint density at radius 1 is 1.03 bits per heavy atom. The maximum atomic E-state index is 13.1. The minimum absolute atomic E-state index is 0.0166. The number of ether oxygens (including phenoxy) is 3. The molecule has 1 aliphatic rings. The van der Waals surface area contributed by atoms with E-state index in [2.05, 4.69) is 10.1 Å². The number of methoxy groups -OCH3 is 3. The minimum Gasteiger partial charge on any atom is -0.497 e. The Morgan fingerprint density at radius 2 is 1.77 bits per heavy atom. The molecule has 4 rings (SSSR count). The molecule has 2 heterocycles. The monoisotopic (exact) mass is 423 g/mol. The number of piperidine rings is 1. The van der Waals surface area contributed by atoms with Crippen LogP contribution >= 0.6 is 0 Å². The summed E-state index contributed by atoms with van der Waals surface area (Å²) >= 11 is 0. The summed E-state index contributed by atoms with van der Waals surface area (Å²) < 4.78 is 21.4. The Hall–Kier alpha value is -3.55. The van der Waals surface area contributed by atoms with E-state index in [4.69, 9.17) is 18.7 Å². The summed E-state index contributed by atoms with van der Waals surface area (Å²) in [7, 11) is 4.75. The molecule has 31 heavy (non-hydrogen) atoms. The summed E-state index contributed by atoms with van der Waals surface area (Å²) in [5.41, 5.74) is 1.35. The van der Waals surface area contributed by atoms with Gasteiger partial charge in [-0.25, -0.2) is 0 Å². The first-order valence-corrected chi connectivity index (χ1v) is 10.1. The van der Waals surface area contributed by atoms with Gasteiger partial charge in [-0.15, -0.1) is 0 Å². The highest BCUT2D eigenvalue weighted by atomic mass is 16.5. The van der Waals surface area contributed by atoms with Crippen LogP contribution in [0.1, 0.15) is 35.0 Å². The maximum absolute atomic E-state index is 13.1. The number of hydrogen-bond acceptors (Lipinski definition) is 7. The van der Waals surface area contributed by atoms with E-state index in [0.717, 1.165) is 24.2 Å². The fourth-order valence-corrected chi connectivity index (χ4v) is 3.76. The molecule has 1 fully saturated rings. The van der Waals surface area contributed by atoms with Gasteiger partial charge in [0.2, 0.25) is 11.7 Å². The fraction of sp³-hybridized carbons (Fsp3) is 0.348. The van der Waals surface area contributed by atoms with Crippen LogP contribution in [-0.4, -0.2) is 55.4 Å². The molecule has 2 aromatic carbocycles. The lowest BCUT2D eigenvalue weighted by Gasteiger charge is -2.31. The van der Waals surface area contributed by atoms with Crippen molar-refractivity contribution in [2.75, 3.05) is 34.4 Å². The van der Waals surface area contributed by atoms with Crippen LogP contribution in [0, 0.1) is 0 Å². The third-order valence-corrected chi connectivity index (χ3v) is 5.43. The van der Waals surface area contributed by atoms with E-state index in [9.17, 15) is 4.79 Å². The Balaban J connectivity index is 1.51. The summed E-state index contributed by atoms with van der Waals surface area (Å²) in [6.45, 7) is 1.18. The molecule has 3 aromatic rings. The zero-order chi connectivity index (χ0) is 21.8. The van der Waals surface area contributed by atoms with E-state index in [1.807, 2.05) is 29.2 Å². The second-order valence-corrected chi connectivity index (χ2v) is 7.38. The van der Waals surface area contributed by atoms with Gasteiger partial charge in [0.15, 0.2) is 0 Å². The predicted molar refractivity (Wildman–Crippen MR) is 114 cm³/mol. The van der Waals surface area contributed by atoms with Crippen LogP contribution in [0.2, 0.25) is 0 Å². The van der Waals surface area contributed by atoms with Crippen molar-refractivity contribution in [3.8, 4) is 28.6 Å². The van der Waals surface area contributed by atoms with Crippen molar-refractivity contribution in [1.29, 1.82) is 0 Å². The third-order valence-electron chi connectivity index (χ3n) is 5.43. The Labute approximate surface area is 180 Å². The van der Waals surface area contributed by atoms with E-state index in [-0.39, 0.29) is 11.8 Å². The van der Waals surface area contributed by atoms with Crippen LogP contribution in [0.25, 0.3) is 11.4 Å². The third kappa shape index (κ3) is 4.47. The van der Waals surface area contributed by atoms with E-state index in [1.165, 1.54) is 0 Å². The molecular weight excluding hydrogens is 398 g/mol. The molecule has 1 aromatic heterocycles. The van der Waals surface area contributed by atoms with Gasteiger partial charge in [-0.2, -0.15) is 4.98 Å². The highest BCUT2D eigenvalue weighted by Gasteiger charge is 2.29. The van der Waals surface area contributed by atoms with E-state index in [0.29, 0.717) is 41.9 Å². The number of rotatable bonds is 6. The second kappa shape index (κ2) is 9.07. The number of hydrogen-bond donors (Lipinski definition) is 0. The average molecular weight is 423 g/mol. The predicted octanol–water partition coefficient (Wildman–Crippen LogP) is 3.78. The first kappa shape index (κ1) is 20.7. The van der Waals surface area contributed by atoms with Crippen LogP contribution < -0.4 is 14.2 Å². The van der Waals surface area contributed by atoms with Crippen molar-refractivity contribution in [3.05, 3.63) is 53.9 Å². The van der Waals surface area contributed by atoms with Gasteiger partial charge in [0.25, 0.3) is 5.91 Å². The van der Waals surface area contributed by atoms with Crippen LogP contribution in [0.5, 0.6) is 17.2 Å². The summed E-state index contributed by atoms with van der Waals surface area (Å²) in [4.78, 5) is 19.6. The molecule has 0 saturated carbocycles. The molecule has 162 valence electrons. The molecule has 8 heteroatoms. The highest BCUT2D eigenvalue weighted by Crippen LogP contribution is 2.30. The first-order chi connectivity index (χ1) is 15.1. The molecule has 1 amide bonds. The highest BCUT2D eigenvalue weighted by molar-refractivity contribution is 5.95. The van der Waals surface area contributed by atoms with Crippen molar-refractivity contribution in [1.82, 2.24) is 15.0 Å². The number of benzene rings is 2. The molecule has 0 radical (unpaired) electrons. The number of aromatic nitrogens is 2. The molecule has 0 N–H and O–H groups in total. The summed E-state index contributed by atoms with van der Waals surface area (Å²) in [6.07, 6.45) is 1.74. The average Bonchev–Trinajstić information content (AvgIpc) is 3.34. The number of likely N-dealkylation sites (tertiary alicyclic amines) is 1. The molecule has 0 spiro atoms. The van der Waals surface area contributed by atoms with Gasteiger partial charge in [-0.05, 0) is 37.1 Å². The molecule has 0 bridgehead atoms. The molecule has 1 aliphatic heterocycles. The summed E-state index contributed by atoms with van der Waals surface area (Å²) in [5.74, 6) is 2.85. The normalized spacial score (nSPS) is 16.1. The SMILES string of the molecule is COc1cc(OC)cc(C(=O)N2CCC[C@@H](c3nc(-c4cccc(OC)c4)no3)C2)c1. The minimum atomic E-state index is -0.0746. The summed E-state index contributed by atoms with van der Waals surface area (Å²) in [6, 6.07) is 12.7. The largest absolute Gasteiger partial charge is 0.497 e. The van der Waals surface area contributed by atoms with E-state index >= 15 is 0 Å². The number of carbonyl (C=O) groups excluding carboxylic acids is 1. The smallest absolute Gasteiger partial charge is 0.254 e. The van der Waals surface area contributed by atoms with Crippen molar-refractivity contribution in [3.63, 3.8) is 0 Å². The lowest BCUT2D eigenvalue weighted by Crippen LogP contribution is -2.39. The van der Waals surface area contributed by atoms with Gasteiger partial charge in [-0.1, -0.05) is 17.3 Å². The molecule has 1 saturated heterocycles. The van der Waals surface area contributed by atoms with Gasteiger partial charge < -0.3 is 23.6 Å². The van der Waals surface area contributed by atoms with E-state index in [1.54, 1.807) is 39.5 Å². The standard InChI is InChI=1S/C23H25N3O5/c1-28-18-8-4-6-15(10-18)21-24-22(31-25-21)16-7-5-9-26(14-16)23(27)17-11-19(29-2)13-20(12-17)30-3/h4,6,8,10-13,16H,5,7,9,14H2,1-3H3/t16-/m1/s1. The lowest BCUT2D eigenvalue weighted by molar-refractivity contribution is 0.0695. The van der Waals surface area contributed by atoms with Gasteiger partial charge in [-0.3, -0.25) is 4.79 Å². The topological polar surface area (TPSA) is 86.9 Å².